The minimum Gasteiger partial charge on any atom is -0.491 e. The Morgan fingerprint density at radius 3 is 2.69 bits per heavy atom. The van der Waals surface area contributed by atoms with Crippen LogP contribution in [0, 0.1) is 0 Å². The first-order chi connectivity index (χ1) is 17.6. The third-order valence-electron chi connectivity index (χ3n) is 8.05. The number of para-hydroxylation sites is 1. The predicted octanol–water partition coefficient (Wildman–Crippen LogP) is 3.67. The lowest BCUT2D eigenvalue weighted by atomic mass is 9.85. The molecule has 1 aromatic heterocycles. The molecule has 36 heavy (non-hydrogen) atoms. The molecule has 2 amide bonds. The number of carbonyl (C=O) groups excluding carboxylic acids is 2. The van der Waals surface area contributed by atoms with E-state index in [-0.39, 0.29) is 17.7 Å². The number of aromatic nitrogens is 1. The van der Waals surface area contributed by atoms with Crippen molar-refractivity contribution in [1.82, 2.24) is 19.7 Å². The van der Waals surface area contributed by atoms with Crippen LogP contribution in [0.4, 0.5) is 0 Å². The molecular formula is C29H34N4O3. The highest BCUT2D eigenvalue weighted by molar-refractivity contribution is 5.90. The number of nitrogens with zero attached hydrogens (tertiary/aromatic N) is 3. The second kappa shape index (κ2) is 9.62. The molecule has 6 rings (SSSR count). The lowest BCUT2D eigenvalue weighted by Crippen LogP contribution is -2.47. The molecular weight excluding hydrogens is 452 g/mol. The molecule has 2 aromatic carbocycles. The third kappa shape index (κ3) is 4.37. The number of H-pyrrole nitrogens is 1. The van der Waals surface area contributed by atoms with Gasteiger partial charge in [0, 0.05) is 68.4 Å². The summed E-state index contributed by atoms with van der Waals surface area (Å²) in [5, 5.41) is 1.25. The number of rotatable bonds is 3. The second-order valence-electron chi connectivity index (χ2n) is 10.3. The summed E-state index contributed by atoms with van der Waals surface area (Å²) in [4.78, 5) is 35.4. The number of fused-ring (bicyclic) bond motifs is 4. The molecule has 0 spiro atoms. The van der Waals surface area contributed by atoms with Gasteiger partial charge in [0.15, 0.2) is 0 Å². The quantitative estimate of drug-likeness (QED) is 0.613. The molecule has 7 heteroatoms. The lowest BCUT2D eigenvalue weighted by Gasteiger charge is -2.34. The number of hydrogen-bond donors (Lipinski definition) is 1. The lowest BCUT2D eigenvalue weighted by molar-refractivity contribution is -0.134. The second-order valence-corrected chi connectivity index (χ2v) is 10.3. The van der Waals surface area contributed by atoms with Crippen molar-refractivity contribution < 1.29 is 14.3 Å². The van der Waals surface area contributed by atoms with E-state index >= 15 is 0 Å². The Bertz CT molecular complexity index is 1290. The summed E-state index contributed by atoms with van der Waals surface area (Å²) in [5.41, 5.74) is 5.84. The average molecular weight is 487 g/mol. The SMILES string of the molecule is CC(=O)N1CCN(Cc2ccc3c(c2)CN(C(=O)C2CCCc4c2[nH]c2ccccc42)CCO3)CC1. The van der Waals surface area contributed by atoms with E-state index < -0.39 is 0 Å². The Morgan fingerprint density at radius 2 is 1.86 bits per heavy atom. The first-order valence-electron chi connectivity index (χ1n) is 13.2. The van der Waals surface area contributed by atoms with Crippen molar-refractivity contribution in [2.24, 2.45) is 0 Å². The number of ether oxygens (including phenoxy) is 1. The maximum atomic E-state index is 13.9. The van der Waals surface area contributed by atoms with Crippen molar-refractivity contribution >= 4 is 22.7 Å². The molecule has 3 aromatic rings. The molecule has 188 valence electrons. The van der Waals surface area contributed by atoms with E-state index in [9.17, 15) is 9.59 Å². The molecule has 3 aliphatic rings. The molecule has 0 bridgehead atoms. The summed E-state index contributed by atoms with van der Waals surface area (Å²) in [5.74, 6) is 1.11. The molecule has 1 N–H and O–H groups in total. The number of nitrogens with one attached hydrogen (secondary N) is 1. The number of amides is 2. The maximum absolute atomic E-state index is 13.9. The van der Waals surface area contributed by atoms with Gasteiger partial charge in [-0.25, -0.2) is 0 Å². The molecule has 1 atom stereocenters. The van der Waals surface area contributed by atoms with Gasteiger partial charge in [-0.15, -0.1) is 0 Å². The van der Waals surface area contributed by atoms with E-state index in [1.54, 1.807) is 6.92 Å². The normalized spacial score (nSPS) is 20.4. The van der Waals surface area contributed by atoms with Gasteiger partial charge in [-0.2, -0.15) is 0 Å². The Labute approximate surface area is 212 Å². The molecule has 1 aliphatic carbocycles. The van der Waals surface area contributed by atoms with Crippen LogP contribution in [0.2, 0.25) is 0 Å². The van der Waals surface area contributed by atoms with Crippen molar-refractivity contribution in [3.63, 3.8) is 0 Å². The van der Waals surface area contributed by atoms with Gasteiger partial charge in [0.25, 0.3) is 0 Å². The van der Waals surface area contributed by atoms with Crippen molar-refractivity contribution in [2.75, 3.05) is 39.3 Å². The molecule has 0 saturated carbocycles. The Kier molecular flexibility index (Phi) is 6.17. The van der Waals surface area contributed by atoms with E-state index in [1.807, 2.05) is 15.9 Å². The molecule has 2 aliphatic heterocycles. The van der Waals surface area contributed by atoms with Crippen LogP contribution in [0.5, 0.6) is 5.75 Å². The van der Waals surface area contributed by atoms with E-state index in [0.29, 0.717) is 19.7 Å². The highest BCUT2D eigenvalue weighted by Gasteiger charge is 2.33. The maximum Gasteiger partial charge on any atom is 0.232 e. The smallest absolute Gasteiger partial charge is 0.232 e. The van der Waals surface area contributed by atoms with E-state index in [2.05, 4.69) is 46.3 Å². The molecule has 1 unspecified atom stereocenters. The zero-order valence-electron chi connectivity index (χ0n) is 21.0. The predicted molar refractivity (Wildman–Crippen MR) is 139 cm³/mol. The first-order valence-corrected chi connectivity index (χ1v) is 13.2. The van der Waals surface area contributed by atoms with Crippen LogP contribution in [0.25, 0.3) is 10.9 Å². The van der Waals surface area contributed by atoms with Crippen molar-refractivity contribution in [3.05, 3.63) is 64.8 Å². The number of piperazine rings is 1. The fraction of sp³-hybridized carbons (Fsp3) is 0.448. The van der Waals surface area contributed by atoms with Crippen molar-refractivity contribution in [1.29, 1.82) is 0 Å². The number of carbonyl (C=O) groups is 2. The molecule has 7 nitrogen and oxygen atoms in total. The van der Waals surface area contributed by atoms with Crippen LogP contribution < -0.4 is 4.74 Å². The molecule has 0 radical (unpaired) electrons. The van der Waals surface area contributed by atoms with Crippen molar-refractivity contribution in [2.45, 2.75) is 45.2 Å². The van der Waals surface area contributed by atoms with E-state index in [4.69, 9.17) is 4.74 Å². The number of aryl methyl sites for hydroxylation is 1. The van der Waals surface area contributed by atoms with Crippen LogP contribution >= 0.6 is 0 Å². The van der Waals surface area contributed by atoms with Crippen molar-refractivity contribution in [3.8, 4) is 5.75 Å². The minimum atomic E-state index is -0.122. The monoisotopic (exact) mass is 486 g/mol. The highest BCUT2D eigenvalue weighted by atomic mass is 16.5. The Balaban J connectivity index is 1.19. The highest BCUT2D eigenvalue weighted by Crippen LogP contribution is 2.38. The number of benzene rings is 2. The third-order valence-corrected chi connectivity index (χ3v) is 8.05. The van der Waals surface area contributed by atoms with Gasteiger partial charge in [-0.1, -0.05) is 24.3 Å². The summed E-state index contributed by atoms with van der Waals surface area (Å²) in [6.07, 6.45) is 2.95. The summed E-state index contributed by atoms with van der Waals surface area (Å²) in [6, 6.07) is 14.8. The topological polar surface area (TPSA) is 68.9 Å². The molecule has 1 fully saturated rings. The van der Waals surface area contributed by atoms with E-state index in [1.165, 1.54) is 16.5 Å². The number of aromatic amines is 1. The number of hydrogen-bond acceptors (Lipinski definition) is 4. The van der Waals surface area contributed by atoms with Gasteiger partial charge in [0.05, 0.1) is 12.5 Å². The summed E-state index contributed by atoms with van der Waals surface area (Å²) < 4.78 is 6.06. The van der Waals surface area contributed by atoms with Crippen LogP contribution in [0.15, 0.2) is 42.5 Å². The van der Waals surface area contributed by atoms with Gasteiger partial charge in [-0.05, 0) is 48.6 Å². The van der Waals surface area contributed by atoms with Crippen LogP contribution in [0.1, 0.15) is 48.1 Å². The first kappa shape index (κ1) is 23.1. The fourth-order valence-electron chi connectivity index (χ4n) is 6.10. The zero-order valence-corrected chi connectivity index (χ0v) is 21.0. The van der Waals surface area contributed by atoms with Crippen LogP contribution in [-0.2, 0) is 29.1 Å². The molecule has 1 saturated heterocycles. The van der Waals surface area contributed by atoms with Gasteiger partial charge in [0.1, 0.15) is 12.4 Å². The standard InChI is InChI=1S/C29H34N4O3/c1-20(34)32-13-11-31(12-14-32)18-21-9-10-27-22(17-21)19-33(15-16-36-27)29(35)25-7-4-6-24-23-5-2-3-8-26(23)30-28(24)25/h2-3,5,8-10,17,25,30H,4,6-7,11-16,18-19H2,1H3. The Hall–Kier alpha value is -3.32. The van der Waals surface area contributed by atoms with Gasteiger partial charge in [0.2, 0.25) is 11.8 Å². The summed E-state index contributed by atoms with van der Waals surface area (Å²) >= 11 is 0. The molecule has 3 heterocycles. The fourth-order valence-corrected chi connectivity index (χ4v) is 6.10. The largest absolute Gasteiger partial charge is 0.491 e. The van der Waals surface area contributed by atoms with E-state index in [0.717, 1.165) is 74.5 Å². The Morgan fingerprint density at radius 1 is 1.03 bits per heavy atom. The van der Waals surface area contributed by atoms with Gasteiger partial charge >= 0.3 is 0 Å². The van der Waals surface area contributed by atoms with Crippen LogP contribution in [0.3, 0.4) is 0 Å². The zero-order chi connectivity index (χ0) is 24.6. The summed E-state index contributed by atoms with van der Waals surface area (Å²) in [6.45, 7) is 7.49. The van der Waals surface area contributed by atoms with Gasteiger partial charge < -0.3 is 19.5 Å². The minimum absolute atomic E-state index is 0.122. The average Bonchev–Trinajstić information content (AvgIpc) is 3.14. The van der Waals surface area contributed by atoms with Crippen LogP contribution in [-0.4, -0.2) is 70.8 Å². The summed E-state index contributed by atoms with van der Waals surface area (Å²) in [7, 11) is 0. The van der Waals surface area contributed by atoms with Gasteiger partial charge in [-0.3, -0.25) is 14.5 Å².